The summed E-state index contributed by atoms with van der Waals surface area (Å²) in [5, 5.41) is 3.61. The van der Waals surface area contributed by atoms with Crippen LogP contribution in [0.3, 0.4) is 0 Å². The molecule has 2 rings (SSSR count). The smallest absolute Gasteiger partial charge is 0.271 e. The molecule has 1 atom stereocenters. The first kappa shape index (κ1) is 13.5. The predicted molar refractivity (Wildman–Crippen MR) is 74.0 cm³/mol. The van der Waals surface area contributed by atoms with Crippen LogP contribution in [0.2, 0.25) is 5.02 Å². The van der Waals surface area contributed by atoms with Gasteiger partial charge in [0.05, 0.1) is 12.2 Å². The minimum atomic E-state index is -0.227. The molecule has 0 bridgehead atoms. The summed E-state index contributed by atoms with van der Waals surface area (Å²) < 4.78 is 0. The van der Waals surface area contributed by atoms with Gasteiger partial charge in [-0.2, -0.15) is 0 Å². The standard InChI is InChI=1S/C14H14ClN3O/c1-2-12(10-3-5-11(15)6-4-10)18-14(19)13-9-16-7-8-17-13/h3-9,12H,2H2,1H3,(H,18,19). The van der Waals surface area contributed by atoms with E-state index in [1.54, 1.807) is 0 Å². The first-order valence-corrected chi connectivity index (χ1v) is 6.41. The maximum absolute atomic E-state index is 12.0. The molecule has 0 aliphatic carbocycles. The zero-order valence-electron chi connectivity index (χ0n) is 10.5. The molecule has 1 unspecified atom stereocenters. The van der Waals surface area contributed by atoms with E-state index in [0.29, 0.717) is 10.7 Å². The Morgan fingerprint density at radius 1 is 1.32 bits per heavy atom. The van der Waals surface area contributed by atoms with Crippen LogP contribution in [0, 0.1) is 0 Å². The summed E-state index contributed by atoms with van der Waals surface area (Å²) >= 11 is 5.86. The van der Waals surface area contributed by atoms with Gasteiger partial charge in [0.25, 0.3) is 5.91 Å². The second-order valence-electron chi connectivity index (χ2n) is 4.08. The van der Waals surface area contributed by atoms with Crippen LogP contribution in [-0.4, -0.2) is 15.9 Å². The van der Waals surface area contributed by atoms with Crippen LogP contribution in [-0.2, 0) is 0 Å². The lowest BCUT2D eigenvalue weighted by Gasteiger charge is -2.17. The quantitative estimate of drug-likeness (QED) is 0.933. The van der Waals surface area contributed by atoms with Gasteiger partial charge in [-0.05, 0) is 24.1 Å². The number of aromatic nitrogens is 2. The SMILES string of the molecule is CCC(NC(=O)c1cnccn1)c1ccc(Cl)cc1. The van der Waals surface area contributed by atoms with Crippen molar-refractivity contribution in [2.75, 3.05) is 0 Å². The van der Waals surface area contributed by atoms with Gasteiger partial charge in [0, 0.05) is 17.4 Å². The van der Waals surface area contributed by atoms with Crippen molar-refractivity contribution in [1.29, 1.82) is 0 Å². The fourth-order valence-corrected chi connectivity index (χ4v) is 1.89. The molecular weight excluding hydrogens is 262 g/mol. The van der Waals surface area contributed by atoms with E-state index in [1.165, 1.54) is 18.6 Å². The normalized spacial score (nSPS) is 11.9. The van der Waals surface area contributed by atoms with Crippen molar-refractivity contribution < 1.29 is 4.79 Å². The van der Waals surface area contributed by atoms with E-state index in [-0.39, 0.29) is 11.9 Å². The van der Waals surface area contributed by atoms with E-state index in [9.17, 15) is 4.79 Å². The molecule has 1 amide bonds. The largest absolute Gasteiger partial charge is 0.344 e. The molecule has 1 aromatic heterocycles. The van der Waals surface area contributed by atoms with Gasteiger partial charge in [-0.3, -0.25) is 9.78 Å². The summed E-state index contributed by atoms with van der Waals surface area (Å²) in [5.74, 6) is -0.227. The summed E-state index contributed by atoms with van der Waals surface area (Å²) in [6.45, 7) is 2.01. The highest BCUT2D eigenvalue weighted by Crippen LogP contribution is 2.19. The van der Waals surface area contributed by atoms with Gasteiger partial charge >= 0.3 is 0 Å². The Morgan fingerprint density at radius 2 is 2.05 bits per heavy atom. The maximum atomic E-state index is 12.0. The van der Waals surface area contributed by atoms with E-state index < -0.39 is 0 Å². The molecule has 4 nitrogen and oxygen atoms in total. The molecule has 0 fully saturated rings. The lowest BCUT2D eigenvalue weighted by molar-refractivity contribution is 0.0930. The predicted octanol–water partition coefficient (Wildman–Crippen LogP) is 3.01. The molecule has 2 aromatic rings. The van der Waals surface area contributed by atoms with Crippen molar-refractivity contribution in [3.8, 4) is 0 Å². The molecule has 1 N–H and O–H groups in total. The third-order valence-corrected chi connectivity index (χ3v) is 3.03. The van der Waals surface area contributed by atoms with E-state index in [4.69, 9.17) is 11.6 Å². The summed E-state index contributed by atoms with van der Waals surface area (Å²) in [6.07, 6.45) is 5.27. The Kier molecular flexibility index (Phi) is 4.47. The van der Waals surface area contributed by atoms with E-state index in [1.807, 2.05) is 31.2 Å². The molecule has 0 aliphatic rings. The van der Waals surface area contributed by atoms with Crippen LogP contribution in [0.15, 0.2) is 42.9 Å². The van der Waals surface area contributed by atoms with Crippen LogP contribution in [0.5, 0.6) is 0 Å². The first-order chi connectivity index (χ1) is 9.20. The number of halogens is 1. The first-order valence-electron chi connectivity index (χ1n) is 6.03. The molecular formula is C14H14ClN3O. The fraction of sp³-hybridized carbons (Fsp3) is 0.214. The zero-order chi connectivity index (χ0) is 13.7. The van der Waals surface area contributed by atoms with E-state index in [0.717, 1.165) is 12.0 Å². The van der Waals surface area contributed by atoms with Crippen LogP contribution < -0.4 is 5.32 Å². The molecule has 0 saturated carbocycles. The molecule has 0 radical (unpaired) electrons. The van der Waals surface area contributed by atoms with E-state index in [2.05, 4.69) is 15.3 Å². The fourth-order valence-electron chi connectivity index (χ4n) is 1.76. The molecule has 5 heteroatoms. The second-order valence-corrected chi connectivity index (χ2v) is 4.51. The number of nitrogens with zero attached hydrogens (tertiary/aromatic N) is 2. The summed E-state index contributed by atoms with van der Waals surface area (Å²) in [4.78, 5) is 19.9. The third-order valence-electron chi connectivity index (χ3n) is 2.78. The number of carbonyl (C=O) groups excluding carboxylic acids is 1. The van der Waals surface area contributed by atoms with Crippen molar-refractivity contribution >= 4 is 17.5 Å². The number of benzene rings is 1. The van der Waals surface area contributed by atoms with Gasteiger partial charge in [0.15, 0.2) is 0 Å². The number of rotatable bonds is 4. The second kappa shape index (κ2) is 6.29. The van der Waals surface area contributed by atoms with Gasteiger partial charge in [-0.15, -0.1) is 0 Å². The van der Waals surface area contributed by atoms with Crippen LogP contribution in [0.1, 0.15) is 35.4 Å². The molecule has 1 aromatic carbocycles. The Labute approximate surface area is 116 Å². The summed E-state index contributed by atoms with van der Waals surface area (Å²) in [5.41, 5.74) is 1.33. The minimum Gasteiger partial charge on any atom is -0.344 e. The van der Waals surface area contributed by atoms with Gasteiger partial charge in [0.1, 0.15) is 5.69 Å². The van der Waals surface area contributed by atoms with Gasteiger partial charge < -0.3 is 5.32 Å². The van der Waals surface area contributed by atoms with Crippen molar-refractivity contribution in [3.63, 3.8) is 0 Å². The topological polar surface area (TPSA) is 54.9 Å². The number of hydrogen-bond donors (Lipinski definition) is 1. The van der Waals surface area contributed by atoms with Gasteiger partial charge in [-0.25, -0.2) is 4.98 Å². The zero-order valence-corrected chi connectivity index (χ0v) is 11.3. The number of hydrogen-bond acceptors (Lipinski definition) is 3. The van der Waals surface area contributed by atoms with Crippen LogP contribution in [0.25, 0.3) is 0 Å². The summed E-state index contributed by atoms with van der Waals surface area (Å²) in [6, 6.07) is 7.38. The Hall–Kier alpha value is -1.94. The molecule has 0 spiro atoms. The van der Waals surface area contributed by atoms with Gasteiger partial charge in [-0.1, -0.05) is 30.7 Å². The highest BCUT2D eigenvalue weighted by atomic mass is 35.5. The number of nitrogens with one attached hydrogen (secondary N) is 1. The van der Waals surface area contributed by atoms with Crippen molar-refractivity contribution in [2.45, 2.75) is 19.4 Å². The Bertz CT molecular complexity index is 542. The van der Waals surface area contributed by atoms with Crippen molar-refractivity contribution in [1.82, 2.24) is 15.3 Å². The van der Waals surface area contributed by atoms with Crippen LogP contribution >= 0.6 is 11.6 Å². The number of carbonyl (C=O) groups is 1. The molecule has 19 heavy (non-hydrogen) atoms. The molecule has 1 heterocycles. The highest BCUT2D eigenvalue weighted by molar-refractivity contribution is 6.30. The summed E-state index contributed by atoms with van der Waals surface area (Å²) in [7, 11) is 0. The molecule has 98 valence electrons. The lowest BCUT2D eigenvalue weighted by atomic mass is 10.0. The highest BCUT2D eigenvalue weighted by Gasteiger charge is 2.14. The molecule has 0 saturated heterocycles. The van der Waals surface area contributed by atoms with Crippen molar-refractivity contribution in [3.05, 3.63) is 59.1 Å². The Balaban J connectivity index is 2.11. The Morgan fingerprint density at radius 3 is 2.63 bits per heavy atom. The number of amides is 1. The van der Waals surface area contributed by atoms with Crippen LogP contribution in [0.4, 0.5) is 0 Å². The minimum absolute atomic E-state index is 0.0632. The third kappa shape index (κ3) is 3.51. The monoisotopic (exact) mass is 275 g/mol. The lowest BCUT2D eigenvalue weighted by Crippen LogP contribution is -2.28. The van der Waals surface area contributed by atoms with Crippen molar-refractivity contribution in [2.24, 2.45) is 0 Å². The van der Waals surface area contributed by atoms with Gasteiger partial charge in [0.2, 0.25) is 0 Å². The molecule has 0 aliphatic heterocycles. The average molecular weight is 276 g/mol. The van der Waals surface area contributed by atoms with E-state index >= 15 is 0 Å². The average Bonchev–Trinajstić information content (AvgIpc) is 2.46. The maximum Gasteiger partial charge on any atom is 0.271 e.